The summed E-state index contributed by atoms with van der Waals surface area (Å²) in [5, 5.41) is 10.2. The van der Waals surface area contributed by atoms with Gasteiger partial charge in [-0.3, -0.25) is 9.78 Å². The van der Waals surface area contributed by atoms with Crippen LogP contribution in [0.15, 0.2) is 30.5 Å². The highest BCUT2D eigenvalue weighted by molar-refractivity contribution is 5.84. The van der Waals surface area contributed by atoms with Crippen molar-refractivity contribution in [3.63, 3.8) is 0 Å². The first-order chi connectivity index (χ1) is 12.1. The molecule has 1 unspecified atom stereocenters. The maximum Gasteiger partial charge on any atom is 0.307 e. The van der Waals surface area contributed by atoms with Gasteiger partial charge in [-0.05, 0) is 73.6 Å². The smallest absolute Gasteiger partial charge is 0.307 e. The van der Waals surface area contributed by atoms with Crippen LogP contribution in [0.1, 0.15) is 25.7 Å². The molecule has 3 aliphatic carbocycles. The fourth-order valence-electron chi connectivity index (χ4n) is 4.98. The predicted molar refractivity (Wildman–Crippen MR) is 89.7 cm³/mol. The van der Waals surface area contributed by atoms with Gasteiger partial charge in [0.25, 0.3) is 0 Å². The van der Waals surface area contributed by atoms with Crippen molar-refractivity contribution < 1.29 is 19.0 Å². The van der Waals surface area contributed by atoms with Gasteiger partial charge in [-0.1, -0.05) is 0 Å². The van der Waals surface area contributed by atoms with E-state index in [1.54, 1.807) is 18.3 Å². The second kappa shape index (κ2) is 5.41. The van der Waals surface area contributed by atoms with E-state index in [-0.39, 0.29) is 17.8 Å². The highest BCUT2D eigenvalue weighted by atomic mass is 19.1. The lowest BCUT2D eigenvalue weighted by Crippen LogP contribution is -2.24. The number of nitrogens with zero attached hydrogens (tertiary/aromatic N) is 1. The summed E-state index contributed by atoms with van der Waals surface area (Å²) in [6.45, 7) is 0. The Hall–Kier alpha value is -2.17. The largest absolute Gasteiger partial charge is 0.490 e. The molecule has 0 spiro atoms. The Balaban J connectivity index is 1.29. The first-order valence-electron chi connectivity index (χ1n) is 9.05. The van der Waals surface area contributed by atoms with Crippen LogP contribution in [0.3, 0.4) is 0 Å². The van der Waals surface area contributed by atoms with Crippen LogP contribution < -0.4 is 4.74 Å². The third-order valence-electron chi connectivity index (χ3n) is 6.25. The fourth-order valence-corrected chi connectivity index (χ4v) is 4.98. The number of benzene rings is 1. The Morgan fingerprint density at radius 2 is 2.00 bits per heavy atom. The van der Waals surface area contributed by atoms with E-state index in [0.29, 0.717) is 34.8 Å². The van der Waals surface area contributed by atoms with E-state index in [4.69, 9.17) is 4.74 Å². The molecule has 5 heteroatoms. The van der Waals surface area contributed by atoms with Crippen LogP contribution in [0.5, 0.6) is 5.75 Å². The minimum atomic E-state index is -0.616. The molecule has 0 bridgehead atoms. The first-order valence-corrected chi connectivity index (χ1v) is 9.05. The second-order valence-electron chi connectivity index (χ2n) is 7.79. The van der Waals surface area contributed by atoms with Crippen molar-refractivity contribution in [2.24, 2.45) is 29.6 Å². The lowest BCUT2D eigenvalue weighted by molar-refractivity contribution is -0.143. The van der Waals surface area contributed by atoms with Crippen molar-refractivity contribution >= 4 is 16.9 Å². The standard InChI is InChI=1S/C20H20FNO3/c21-11-3-4-16-15(7-11)17(5-6-22-16)25-12-8-13-14(9-12)19(13)18(20(23)24)10-1-2-10/h3-7,10,12-14,18-19H,1-2,8-9H2,(H,23,24)/t12-,13-,14+,18?,19-. The first kappa shape index (κ1) is 15.1. The van der Waals surface area contributed by atoms with Crippen LogP contribution in [0.25, 0.3) is 10.9 Å². The zero-order valence-corrected chi connectivity index (χ0v) is 13.8. The number of carbonyl (C=O) groups is 1. The monoisotopic (exact) mass is 341 g/mol. The van der Waals surface area contributed by atoms with Gasteiger partial charge in [0.15, 0.2) is 0 Å². The molecule has 5 rings (SSSR count). The van der Waals surface area contributed by atoms with E-state index >= 15 is 0 Å². The quantitative estimate of drug-likeness (QED) is 0.896. The number of halogens is 1. The molecule has 0 radical (unpaired) electrons. The molecule has 0 amide bonds. The molecule has 2 aromatic rings. The van der Waals surface area contributed by atoms with Crippen molar-refractivity contribution in [1.29, 1.82) is 0 Å². The molecule has 25 heavy (non-hydrogen) atoms. The lowest BCUT2D eigenvalue weighted by atomic mass is 9.92. The van der Waals surface area contributed by atoms with Gasteiger partial charge in [0.05, 0.1) is 17.5 Å². The number of fused-ring (bicyclic) bond motifs is 2. The van der Waals surface area contributed by atoms with Gasteiger partial charge in [0.2, 0.25) is 0 Å². The summed E-state index contributed by atoms with van der Waals surface area (Å²) in [5.41, 5.74) is 0.722. The minimum absolute atomic E-state index is 0.0914. The number of rotatable bonds is 5. The van der Waals surface area contributed by atoms with Crippen molar-refractivity contribution in [3.8, 4) is 5.75 Å². The van der Waals surface area contributed by atoms with Crippen LogP contribution in [0.2, 0.25) is 0 Å². The highest BCUT2D eigenvalue weighted by Gasteiger charge is 2.63. The van der Waals surface area contributed by atoms with E-state index in [2.05, 4.69) is 4.98 Å². The second-order valence-corrected chi connectivity index (χ2v) is 7.79. The number of pyridine rings is 1. The van der Waals surface area contributed by atoms with Gasteiger partial charge in [-0.2, -0.15) is 0 Å². The molecular formula is C20H20FNO3. The number of carboxylic acids is 1. The zero-order chi connectivity index (χ0) is 17.1. The molecule has 0 saturated heterocycles. The Kier molecular flexibility index (Phi) is 3.27. The summed E-state index contributed by atoms with van der Waals surface area (Å²) >= 11 is 0. The van der Waals surface area contributed by atoms with E-state index in [0.717, 1.165) is 31.2 Å². The number of hydrogen-bond acceptors (Lipinski definition) is 3. The summed E-state index contributed by atoms with van der Waals surface area (Å²) in [4.78, 5) is 15.8. The number of hydrogen-bond donors (Lipinski definition) is 1. The van der Waals surface area contributed by atoms with Crippen molar-refractivity contribution in [1.82, 2.24) is 4.98 Å². The van der Waals surface area contributed by atoms with Crippen molar-refractivity contribution in [2.45, 2.75) is 31.8 Å². The lowest BCUT2D eigenvalue weighted by Gasteiger charge is -2.20. The average Bonchev–Trinajstić information content (AvgIpc) is 3.48. The maximum absolute atomic E-state index is 13.6. The third-order valence-corrected chi connectivity index (χ3v) is 6.25. The average molecular weight is 341 g/mol. The zero-order valence-electron chi connectivity index (χ0n) is 13.8. The molecule has 130 valence electrons. The molecule has 1 heterocycles. The topological polar surface area (TPSA) is 59.4 Å². The minimum Gasteiger partial charge on any atom is -0.490 e. The van der Waals surface area contributed by atoms with Crippen LogP contribution in [0.4, 0.5) is 4.39 Å². The number of aliphatic carboxylic acids is 1. The molecular weight excluding hydrogens is 321 g/mol. The van der Waals surface area contributed by atoms with Gasteiger partial charge in [0.1, 0.15) is 11.6 Å². The summed E-state index contributed by atoms with van der Waals surface area (Å²) in [6.07, 6.45) is 5.73. The Morgan fingerprint density at radius 3 is 2.68 bits per heavy atom. The Labute approximate surface area is 145 Å². The molecule has 4 nitrogen and oxygen atoms in total. The van der Waals surface area contributed by atoms with Gasteiger partial charge in [-0.25, -0.2) is 4.39 Å². The summed E-state index contributed by atoms with van der Waals surface area (Å²) in [5.74, 6) is 1.32. The van der Waals surface area contributed by atoms with Crippen molar-refractivity contribution in [3.05, 3.63) is 36.3 Å². The Morgan fingerprint density at radius 1 is 1.24 bits per heavy atom. The SMILES string of the molecule is O=C(O)C(C1CC1)[C@@H]1[C@@H]2C[C@@H](Oc3ccnc4ccc(F)cc34)C[C@@H]21. The molecule has 3 saturated carbocycles. The van der Waals surface area contributed by atoms with Crippen LogP contribution >= 0.6 is 0 Å². The normalized spacial score (nSPS) is 31.6. The summed E-state index contributed by atoms with van der Waals surface area (Å²) in [7, 11) is 0. The van der Waals surface area contributed by atoms with Crippen LogP contribution in [-0.2, 0) is 4.79 Å². The van der Waals surface area contributed by atoms with Crippen LogP contribution in [-0.4, -0.2) is 22.2 Å². The van der Waals surface area contributed by atoms with Gasteiger partial charge in [-0.15, -0.1) is 0 Å². The van der Waals surface area contributed by atoms with Crippen LogP contribution in [0, 0.1) is 35.4 Å². The molecule has 1 aromatic carbocycles. The number of carboxylic acid groups (broad SMARTS) is 1. The summed E-state index contributed by atoms with van der Waals surface area (Å²) in [6, 6.07) is 6.31. The van der Waals surface area contributed by atoms with Crippen molar-refractivity contribution in [2.75, 3.05) is 0 Å². The fraction of sp³-hybridized carbons (Fsp3) is 0.500. The Bertz CT molecular complexity index is 838. The third kappa shape index (κ3) is 2.57. The molecule has 1 aromatic heterocycles. The van der Waals surface area contributed by atoms with Gasteiger partial charge in [0, 0.05) is 11.6 Å². The molecule has 3 aliphatic rings. The summed E-state index contributed by atoms with van der Waals surface area (Å²) < 4.78 is 19.7. The predicted octanol–water partition coefficient (Wildman–Crippen LogP) is 3.89. The van der Waals surface area contributed by atoms with E-state index in [1.165, 1.54) is 12.1 Å². The number of aromatic nitrogens is 1. The molecule has 3 fully saturated rings. The number of ether oxygens (including phenoxy) is 1. The van der Waals surface area contributed by atoms with Gasteiger partial charge >= 0.3 is 5.97 Å². The van der Waals surface area contributed by atoms with E-state index < -0.39 is 5.97 Å². The van der Waals surface area contributed by atoms with E-state index in [1.807, 2.05) is 0 Å². The van der Waals surface area contributed by atoms with E-state index in [9.17, 15) is 14.3 Å². The maximum atomic E-state index is 13.6. The van der Waals surface area contributed by atoms with Gasteiger partial charge < -0.3 is 9.84 Å². The molecule has 1 N–H and O–H groups in total. The molecule has 0 aliphatic heterocycles. The highest BCUT2D eigenvalue weighted by Crippen LogP contribution is 2.64. The molecule has 5 atom stereocenters.